The van der Waals surface area contributed by atoms with Gasteiger partial charge in [-0.25, -0.2) is 9.18 Å². The number of aliphatic hydroxyl groups is 1. The number of alkyl halides is 1. The molecule has 2 saturated heterocycles. The highest BCUT2D eigenvalue weighted by Crippen LogP contribution is 2.39. The van der Waals surface area contributed by atoms with Crippen molar-refractivity contribution in [2.45, 2.75) is 174 Å². The van der Waals surface area contributed by atoms with Crippen molar-refractivity contribution in [2.75, 3.05) is 27.4 Å². The quantitative estimate of drug-likeness (QED) is 0.155. The number of hydrogen-bond donors (Lipinski definition) is 2. The Morgan fingerprint density at radius 3 is 2.33 bits per heavy atom. The molecule has 1 saturated carbocycles. The van der Waals surface area contributed by atoms with Crippen LogP contribution >= 0.6 is 0 Å². The van der Waals surface area contributed by atoms with Gasteiger partial charge in [0.15, 0.2) is 0 Å². The third-order valence-electron chi connectivity index (χ3n) is 13.5. The Kier molecular flexibility index (Phi) is 18.9. The van der Waals surface area contributed by atoms with Gasteiger partial charge in [-0.3, -0.25) is 19.2 Å². The van der Waals surface area contributed by atoms with Crippen LogP contribution in [0.5, 0.6) is 0 Å². The topological polar surface area (TPSA) is 167 Å². The van der Waals surface area contributed by atoms with Gasteiger partial charge in [-0.2, -0.15) is 0 Å². The van der Waals surface area contributed by atoms with Crippen molar-refractivity contribution < 1.29 is 57.2 Å². The van der Waals surface area contributed by atoms with E-state index in [1.807, 2.05) is 20.8 Å². The van der Waals surface area contributed by atoms with Gasteiger partial charge in [0.25, 0.3) is 11.7 Å². The van der Waals surface area contributed by atoms with Crippen LogP contribution in [-0.4, -0.2) is 121 Å². The summed E-state index contributed by atoms with van der Waals surface area (Å²) in [7, 11) is 2.91. The number of allylic oxidation sites excluding steroid dienone is 3. The monoisotopic (exact) mass is 861 g/mol. The van der Waals surface area contributed by atoms with Gasteiger partial charge in [-0.05, 0) is 107 Å². The van der Waals surface area contributed by atoms with Gasteiger partial charge in [0.05, 0.1) is 31.0 Å². The average Bonchev–Trinajstić information content (AvgIpc) is 3.24. The number of methoxy groups -OCH3 is 2. The number of ether oxygens (including phenoxy) is 5. The molecule has 0 spiro atoms. The van der Waals surface area contributed by atoms with Gasteiger partial charge < -0.3 is 39.0 Å². The lowest BCUT2D eigenvalue weighted by Gasteiger charge is -2.47. The molecule has 344 valence electrons. The summed E-state index contributed by atoms with van der Waals surface area (Å²) in [6.07, 6.45) is 5.10. The van der Waals surface area contributed by atoms with E-state index in [4.69, 9.17) is 23.7 Å². The zero-order chi connectivity index (χ0) is 45.2. The number of nitrogens with one attached hydrogen (secondary N) is 1. The van der Waals surface area contributed by atoms with E-state index < -0.39 is 77.8 Å². The summed E-state index contributed by atoms with van der Waals surface area (Å²) in [4.78, 5) is 70.0. The second-order valence-electron chi connectivity index (χ2n) is 18.1. The minimum Gasteiger partial charge on any atom is -0.456 e. The Bertz CT molecular complexity index is 1620. The van der Waals surface area contributed by atoms with Gasteiger partial charge in [0, 0.05) is 45.9 Å². The molecule has 14 unspecified atom stereocenters. The molecule has 1 aliphatic carbocycles. The smallest absolute Gasteiger partial charge is 0.329 e. The fraction of sp³-hybridized carbons (Fsp3) is 0.766. The number of carbonyl (C=O) groups is 5. The van der Waals surface area contributed by atoms with Gasteiger partial charge in [0.2, 0.25) is 11.7 Å². The molecule has 3 heterocycles. The average molecular weight is 861 g/mol. The third-order valence-corrected chi connectivity index (χ3v) is 13.5. The van der Waals surface area contributed by atoms with Crippen molar-refractivity contribution in [3.63, 3.8) is 0 Å². The molecular weight excluding hydrogens is 788 g/mol. The fourth-order valence-electron chi connectivity index (χ4n) is 9.86. The number of nitrogens with zero attached hydrogens (tertiary/aromatic N) is 1. The van der Waals surface area contributed by atoms with E-state index in [1.54, 1.807) is 32.9 Å². The second-order valence-corrected chi connectivity index (χ2v) is 18.1. The zero-order valence-electron chi connectivity index (χ0n) is 38.0. The van der Waals surface area contributed by atoms with Gasteiger partial charge in [-0.15, -0.1) is 6.58 Å². The van der Waals surface area contributed by atoms with E-state index >= 15 is 4.39 Å². The van der Waals surface area contributed by atoms with Gasteiger partial charge in [0.1, 0.15) is 30.2 Å². The number of amides is 2. The number of cyclic esters (lactones) is 1. The maximum atomic E-state index is 16.3. The van der Waals surface area contributed by atoms with E-state index in [0.29, 0.717) is 50.7 Å². The predicted octanol–water partition coefficient (Wildman–Crippen LogP) is 6.15. The number of rotatable bonds is 9. The third kappa shape index (κ3) is 12.5. The van der Waals surface area contributed by atoms with E-state index in [2.05, 4.69) is 18.0 Å². The number of carbonyl (C=O) groups excluding carboxylic acids is 5. The lowest BCUT2D eigenvalue weighted by molar-refractivity contribution is -0.302. The number of esters is 1. The van der Waals surface area contributed by atoms with Crippen LogP contribution in [-0.2, 0) is 47.7 Å². The van der Waals surface area contributed by atoms with E-state index in [-0.39, 0.29) is 67.9 Å². The Labute approximate surface area is 362 Å². The van der Waals surface area contributed by atoms with Crippen molar-refractivity contribution in [2.24, 2.45) is 29.6 Å². The molecule has 4 aliphatic rings. The number of hydrogen-bond acceptors (Lipinski definition) is 11. The standard InChI is InChI=1S/C47H73FN2O11/c1-11-21-59-38-26-33(17-18-35(38)49-32(8)51)22-30(6)42-27(3)16-19-37(52)34(12-2)23-28(4)41(48)29(5)24-39(57-9)43-40(58-10)25-31(7)47(56,61-43)44(53)45(54)50-20-14-13-15-36(50)46(55)60-42/h11,22-23,27,29,31,33-36,38-43,56H,1,12-21,24-26H2,2-10H3,(H,49,51)/b28-23+,30-22?. The molecule has 2 N–H and O–H groups in total. The van der Waals surface area contributed by atoms with E-state index in [0.717, 1.165) is 12.0 Å². The van der Waals surface area contributed by atoms with Crippen molar-refractivity contribution in [1.82, 2.24) is 10.2 Å². The number of Topliss-reactive ketones (excluding diaryl/α,β-unsaturated/α-hetero) is 2. The molecule has 13 nitrogen and oxygen atoms in total. The fourth-order valence-corrected chi connectivity index (χ4v) is 9.86. The van der Waals surface area contributed by atoms with E-state index in [9.17, 15) is 29.1 Å². The first-order valence-electron chi connectivity index (χ1n) is 22.4. The van der Waals surface area contributed by atoms with Crippen LogP contribution in [0.4, 0.5) is 4.39 Å². The summed E-state index contributed by atoms with van der Waals surface area (Å²) < 4.78 is 46.5. The highest BCUT2D eigenvalue weighted by molar-refractivity contribution is 6.39. The van der Waals surface area contributed by atoms with Crippen LogP contribution in [0.2, 0.25) is 0 Å². The lowest BCUT2D eigenvalue weighted by atomic mass is 9.81. The summed E-state index contributed by atoms with van der Waals surface area (Å²) in [6, 6.07) is -1.27. The summed E-state index contributed by atoms with van der Waals surface area (Å²) >= 11 is 0. The maximum absolute atomic E-state index is 16.3. The molecule has 0 radical (unpaired) electrons. The van der Waals surface area contributed by atoms with Crippen LogP contribution in [0.25, 0.3) is 0 Å². The first-order chi connectivity index (χ1) is 28.9. The minimum atomic E-state index is -2.58. The van der Waals surface area contributed by atoms with Gasteiger partial charge in [-0.1, -0.05) is 45.9 Å². The first-order valence-corrected chi connectivity index (χ1v) is 22.4. The van der Waals surface area contributed by atoms with Crippen LogP contribution in [0.15, 0.2) is 36.0 Å². The Morgan fingerprint density at radius 1 is 1.00 bits per heavy atom. The predicted molar refractivity (Wildman–Crippen MR) is 228 cm³/mol. The molecule has 61 heavy (non-hydrogen) atoms. The number of fused-ring (bicyclic) bond motifs is 3. The molecule has 0 aromatic heterocycles. The Morgan fingerprint density at radius 2 is 1.69 bits per heavy atom. The van der Waals surface area contributed by atoms with Crippen molar-refractivity contribution in [3.05, 3.63) is 36.0 Å². The second kappa shape index (κ2) is 22.9. The van der Waals surface area contributed by atoms with Crippen LogP contribution < -0.4 is 5.32 Å². The SMILES string of the molecule is C=CCOC1CC(C=C(C)C2OC(=O)C3CCCCN3C(=O)C(=O)C3(O)OC(C(OC)CC(C)C(F)/C(C)=C/C(CC)C(=O)CCC2C)C(OC)CC3C)CCC1NC(C)=O. The van der Waals surface area contributed by atoms with Crippen molar-refractivity contribution >= 4 is 29.4 Å². The molecule has 3 aliphatic heterocycles. The summed E-state index contributed by atoms with van der Waals surface area (Å²) in [5.41, 5.74) is 1.18. The molecule has 2 bridgehead atoms. The molecule has 4 rings (SSSR count). The molecular formula is C47H73FN2O11. The van der Waals surface area contributed by atoms with Crippen molar-refractivity contribution in [3.8, 4) is 0 Å². The van der Waals surface area contributed by atoms with E-state index in [1.165, 1.54) is 26.0 Å². The summed E-state index contributed by atoms with van der Waals surface area (Å²) in [6.45, 7) is 16.4. The van der Waals surface area contributed by atoms with Crippen LogP contribution in [0.3, 0.4) is 0 Å². The van der Waals surface area contributed by atoms with Crippen LogP contribution in [0.1, 0.15) is 119 Å². The van der Waals surface area contributed by atoms with Crippen LogP contribution in [0, 0.1) is 29.6 Å². The molecule has 14 heteroatoms. The number of ketones is 2. The largest absolute Gasteiger partial charge is 0.456 e. The number of halogens is 1. The Hall–Kier alpha value is -3.30. The molecule has 3 fully saturated rings. The Balaban J connectivity index is 1.75. The first kappa shape index (κ1) is 50.3. The summed E-state index contributed by atoms with van der Waals surface area (Å²) in [5, 5.41) is 15.1. The normalized spacial score (nSPS) is 38.9. The van der Waals surface area contributed by atoms with Gasteiger partial charge >= 0.3 is 5.97 Å². The van der Waals surface area contributed by atoms with Crippen molar-refractivity contribution in [1.29, 1.82) is 0 Å². The highest BCUT2D eigenvalue weighted by atomic mass is 19.1. The zero-order valence-corrected chi connectivity index (χ0v) is 38.0. The lowest BCUT2D eigenvalue weighted by Crippen LogP contribution is -2.64. The number of piperidine rings is 1. The maximum Gasteiger partial charge on any atom is 0.329 e. The molecule has 14 atom stereocenters. The summed E-state index contributed by atoms with van der Waals surface area (Å²) in [5.74, 6) is -8.06. The minimum absolute atomic E-state index is 0.0222. The molecule has 2 amide bonds. The highest BCUT2D eigenvalue weighted by Gasteiger charge is 2.56. The molecule has 0 aromatic rings. The molecule has 0 aromatic carbocycles.